The lowest BCUT2D eigenvalue weighted by Gasteiger charge is -2.25. The first-order valence-electron chi connectivity index (χ1n) is 6.28. The van der Waals surface area contributed by atoms with Gasteiger partial charge in [0.25, 0.3) is 5.91 Å². The Balaban J connectivity index is 2.84. The number of nitrogens with two attached hydrogens (primary N) is 1. The zero-order chi connectivity index (χ0) is 14.4. The molecule has 1 aromatic rings. The van der Waals surface area contributed by atoms with Crippen LogP contribution in [0.3, 0.4) is 0 Å². The van der Waals surface area contributed by atoms with Gasteiger partial charge in [0.15, 0.2) is 0 Å². The first-order chi connectivity index (χ1) is 8.99. The molecule has 0 bridgehead atoms. The van der Waals surface area contributed by atoms with Crippen LogP contribution in [0.2, 0.25) is 0 Å². The highest BCUT2D eigenvalue weighted by atomic mass is 19.1. The Kier molecular flexibility index (Phi) is 5.92. The molecule has 5 heteroatoms. The number of hydrogen-bond acceptors (Lipinski definition) is 3. The van der Waals surface area contributed by atoms with Crippen molar-refractivity contribution < 1.29 is 13.9 Å². The van der Waals surface area contributed by atoms with E-state index in [2.05, 4.69) is 5.32 Å². The first-order valence-corrected chi connectivity index (χ1v) is 6.28. The van der Waals surface area contributed by atoms with E-state index in [4.69, 9.17) is 10.5 Å². The van der Waals surface area contributed by atoms with Crippen LogP contribution in [0.25, 0.3) is 0 Å². The highest BCUT2D eigenvalue weighted by molar-refractivity contribution is 5.81. The average Bonchev–Trinajstić information content (AvgIpc) is 2.38. The van der Waals surface area contributed by atoms with Crippen molar-refractivity contribution in [2.24, 2.45) is 11.7 Å². The summed E-state index contributed by atoms with van der Waals surface area (Å²) in [7, 11) is 1.44. The molecule has 4 nitrogen and oxygen atoms in total. The second-order valence-corrected chi connectivity index (χ2v) is 4.74. The van der Waals surface area contributed by atoms with Crippen molar-refractivity contribution in [2.75, 3.05) is 13.7 Å². The van der Waals surface area contributed by atoms with E-state index in [1.54, 1.807) is 12.1 Å². The molecule has 0 aliphatic carbocycles. The summed E-state index contributed by atoms with van der Waals surface area (Å²) in [6, 6.07) is 5.91. The molecule has 3 N–H and O–H groups in total. The van der Waals surface area contributed by atoms with E-state index >= 15 is 0 Å². The van der Waals surface area contributed by atoms with E-state index in [1.807, 2.05) is 13.8 Å². The van der Waals surface area contributed by atoms with E-state index in [0.29, 0.717) is 0 Å². The van der Waals surface area contributed by atoms with Gasteiger partial charge in [0.2, 0.25) is 0 Å². The molecule has 0 heterocycles. The highest BCUT2D eigenvalue weighted by Gasteiger charge is 2.23. The minimum atomic E-state index is -0.665. The summed E-state index contributed by atoms with van der Waals surface area (Å²) in [5, 5.41) is 2.89. The Morgan fingerprint density at radius 1 is 1.37 bits per heavy atom. The van der Waals surface area contributed by atoms with Crippen LogP contribution >= 0.6 is 0 Å². The maximum atomic E-state index is 12.9. The van der Waals surface area contributed by atoms with Crippen molar-refractivity contribution >= 4 is 5.91 Å². The van der Waals surface area contributed by atoms with Gasteiger partial charge >= 0.3 is 0 Å². The lowest BCUT2D eigenvalue weighted by molar-refractivity contribution is -0.131. The van der Waals surface area contributed by atoms with Crippen molar-refractivity contribution in [3.05, 3.63) is 35.6 Å². The number of benzene rings is 1. The van der Waals surface area contributed by atoms with Gasteiger partial charge in [0, 0.05) is 13.7 Å². The number of hydrogen-bond donors (Lipinski definition) is 2. The van der Waals surface area contributed by atoms with Crippen LogP contribution in [-0.4, -0.2) is 25.7 Å². The smallest absolute Gasteiger partial charge is 0.250 e. The van der Waals surface area contributed by atoms with Crippen LogP contribution in [0, 0.1) is 11.7 Å². The summed E-state index contributed by atoms with van der Waals surface area (Å²) in [5.41, 5.74) is 6.32. The first kappa shape index (κ1) is 15.6. The van der Waals surface area contributed by atoms with Crippen molar-refractivity contribution in [3.63, 3.8) is 0 Å². The third-order valence-electron chi connectivity index (χ3n) is 2.98. The monoisotopic (exact) mass is 268 g/mol. The van der Waals surface area contributed by atoms with E-state index in [1.165, 1.54) is 19.2 Å². The predicted molar refractivity (Wildman–Crippen MR) is 72.0 cm³/mol. The summed E-state index contributed by atoms with van der Waals surface area (Å²) in [5.74, 6) is -0.382. The standard InChI is InChI=1S/C14H21FN2O2/c1-9(2)13(10-4-6-11(15)7-5-10)17-14(18)12(8-16)19-3/h4-7,9,12-13H,8,16H2,1-3H3,(H,17,18). The third-order valence-corrected chi connectivity index (χ3v) is 2.98. The molecule has 0 saturated heterocycles. The van der Waals surface area contributed by atoms with Gasteiger partial charge in [-0.15, -0.1) is 0 Å². The minimum absolute atomic E-state index is 0.122. The van der Waals surface area contributed by atoms with Gasteiger partial charge in [-0.25, -0.2) is 4.39 Å². The Morgan fingerprint density at radius 3 is 2.37 bits per heavy atom. The van der Waals surface area contributed by atoms with E-state index in [-0.39, 0.29) is 30.2 Å². The zero-order valence-corrected chi connectivity index (χ0v) is 11.5. The predicted octanol–water partition coefficient (Wildman–Crippen LogP) is 1.61. The van der Waals surface area contributed by atoms with Gasteiger partial charge in [0.1, 0.15) is 11.9 Å². The van der Waals surface area contributed by atoms with Crippen molar-refractivity contribution in [1.29, 1.82) is 0 Å². The highest BCUT2D eigenvalue weighted by Crippen LogP contribution is 2.22. The molecule has 0 aliphatic rings. The molecule has 0 spiro atoms. The lowest BCUT2D eigenvalue weighted by Crippen LogP contribution is -2.43. The van der Waals surface area contributed by atoms with Gasteiger partial charge in [-0.2, -0.15) is 0 Å². The molecule has 0 saturated carbocycles. The van der Waals surface area contributed by atoms with Crippen LogP contribution in [0.5, 0.6) is 0 Å². The van der Waals surface area contributed by atoms with Crippen molar-refractivity contribution in [2.45, 2.75) is 26.0 Å². The summed E-state index contributed by atoms with van der Waals surface area (Å²) >= 11 is 0. The molecular formula is C14H21FN2O2. The van der Waals surface area contributed by atoms with Gasteiger partial charge < -0.3 is 15.8 Å². The van der Waals surface area contributed by atoms with Crippen molar-refractivity contribution in [3.8, 4) is 0 Å². The number of methoxy groups -OCH3 is 1. The molecule has 2 unspecified atom stereocenters. The van der Waals surface area contributed by atoms with Gasteiger partial charge in [-0.05, 0) is 23.6 Å². The summed E-state index contributed by atoms with van der Waals surface area (Å²) in [6.45, 7) is 4.09. The van der Waals surface area contributed by atoms with Gasteiger partial charge in [-0.3, -0.25) is 4.79 Å². The molecule has 1 rings (SSSR count). The topological polar surface area (TPSA) is 64.3 Å². The number of rotatable bonds is 6. The number of amides is 1. The lowest BCUT2D eigenvalue weighted by atomic mass is 9.95. The Morgan fingerprint density at radius 2 is 1.95 bits per heavy atom. The maximum absolute atomic E-state index is 12.9. The minimum Gasteiger partial charge on any atom is -0.370 e. The zero-order valence-electron chi connectivity index (χ0n) is 11.5. The number of carbonyl (C=O) groups is 1. The van der Waals surface area contributed by atoms with E-state index in [9.17, 15) is 9.18 Å². The molecule has 0 aliphatic heterocycles. The normalized spacial score (nSPS) is 14.2. The summed E-state index contributed by atoms with van der Waals surface area (Å²) in [4.78, 5) is 12.0. The largest absolute Gasteiger partial charge is 0.370 e. The van der Waals surface area contributed by atoms with E-state index < -0.39 is 6.10 Å². The Labute approximate surface area is 113 Å². The molecule has 2 atom stereocenters. The van der Waals surface area contributed by atoms with Crippen LogP contribution in [0.15, 0.2) is 24.3 Å². The Hall–Kier alpha value is -1.46. The average molecular weight is 268 g/mol. The molecule has 0 aromatic heterocycles. The van der Waals surface area contributed by atoms with Crippen LogP contribution < -0.4 is 11.1 Å². The molecule has 0 fully saturated rings. The second kappa shape index (κ2) is 7.21. The SMILES string of the molecule is COC(CN)C(=O)NC(c1ccc(F)cc1)C(C)C. The van der Waals surface area contributed by atoms with Gasteiger partial charge in [-0.1, -0.05) is 26.0 Å². The fourth-order valence-electron chi connectivity index (χ4n) is 1.86. The molecule has 0 radical (unpaired) electrons. The Bertz CT molecular complexity index is 402. The van der Waals surface area contributed by atoms with Gasteiger partial charge in [0.05, 0.1) is 6.04 Å². The quantitative estimate of drug-likeness (QED) is 0.824. The molecule has 19 heavy (non-hydrogen) atoms. The summed E-state index contributed by atoms with van der Waals surface area (Å²) < 4.78 is 17.9. The second-order valence-electron chi connectivity index (χ2n) is 4.74. The summed E-state index contributed by atoms with van der Waals surface area (Å²) in [6.07, 6.45) is -0.665. The number of halogens is 1. The van der Waals surface area contributed by atoms with Crippen LogP contribution in [0.4, 0.5) is 4.39 Å². The number of carbonyl (C=O) groups excluding carboxylic acids is 1. The molecular weight excluding hydrogens is 247 g/mol. The van der Waals surface area contributed by atoms with Crippen LogP contribution in [0.1, 0.15) is 25.5 Å². The fraction of sp³-hybridized carbons (Fsp3) is 0.500. The van der Waals surface area contributed by atoms with Crippen LogP contribution in [-0.2, 0) is 9.53 Å². The van der Waals surface area contributed by atoms with Crippen molar-refractivity contribution in [1.82, 2.24) is 5.32 Å². The van der Waals surface area contributed by atoms with E-state index in [0.717, 1.165) is 5.56 Å². The molecule has 106 valence electrons. The molecule has 1 aromatic carbocycles. The third kappa shape index (κ3) is 4.29. The maximum Gasteiger partial charge on any atom is 0.250 e. The molecule has 1 amide bonds. The fourth-order valence-corrected chi connectivity index (χ4v) is 1.86. The number of ether oxygens (including phenoxy) is 1. The number of nitrogens with one attached hydrogen (secondary N) is 1.